The van der Waals surface area contributed by atoms with Crippen molar-refractivity contribution >= 4 is 0 Å². The molecule has 1 saturated heterocycles. The first-order valence-electron chi connectivity index (χ1n) is 7.19. The van der Waals surface area contributed by atoms with Crippen molar-refractivity contribution in [1.82, 2.24) is 10.2 Å². The molecule has 0 radical (unpaired) electrons. The molecule has 2 nitrogen and oxygen atoms in total. The first kappa shape index (κ1) is 14.0. The highest BCUT2D eigenvalue weighted by Gasteiger charge is 2.14. The van der Waals surface area contributed by atoms with Crippen molar-refractivity contribution in [1.29, 1.82) is 0 Å². The lowest BCUT2D eigenvalue weighted by Gasteiger charge is -2.30. The Labute approximate surface area is 102 Å². The van der Waals surface area contributed by atoms with E-state index in [0.29, 0.717) is 0 Å². The van der Waals surface area contributed by atoms with Crippen LogP contribution in [0.5, 0.6) is 0 Å². The van der Waals surface area contributed by atoms with E-state index in [0.717, 1.165) is 11.8 Å². The second-order valence-electron chi connectivity index (χ2n) is 5.42. The number of rotatable bonds is 7. The fraction of sp³-hybridized carbons (Fsp3) is 1.00. The van der Waals surface area contributed by atoms with Crippen LogP contribution in [0.1, 0.15) is 46.5 Å². The summed E-state index contributed by atoms with van der Waals surface area (Å²) in [5, 5.41) is 3.41. The minimum atomic E-state index is 0.874. The van der Waals surface area contributed by atoms with Crippen molar-refractivity contribution in [3.8, 4) is 0 Å². The molecule has 0 aliphatic carbocycles. The summed E-state index contributed by atoms with van der Waals surface area (Å²) >= 11 is 0. The van der Waals surface area contributed by atoms with Gasteiger partial charge in [-0.1, -0.05) is 40.0 Å². The monoisotopic (exact) mass is 226 g/mol. The Kier molecular flexibility index (Phi) is 7.06. The lowest BCUT2D eigenvalue weighted by molar-refractivity contribution is 0.202. The highest BCUT2D eigenvalue weighted by atomic mass is 15.2. The maximum atomic E-state index is 3.41. The van der Waals surface area contributed by atoms with Crippen molar-refractivity contribution in [3.05, 3.63) is 0 Å². The predicted octanol–water partition coefficient (Wildman–Crippen LogP) is 2.74. The average molecular weight is 226 g/mol. The summed E-state index contributed by atoms with van der Waals surface area (Å²) in [5.41, 5.74) is 0. The van der Waals surface area contributed by atoms with E-state index in [1.54, 1.807) is 0 Å². The van der Waals surface area contributed by atoms with Gasteiger partial charge in [0.15, 0.2) is 0 Å². The van der Waals surface area contributed by atoms with Crippen molar-refractivity contribution in [2.45, 2.75) is 46.5 Å². The van der Waals surface area contributed by atoms with Crippen LogP contribution in [0.4, 0.5) is 0 Å². The molecule has 1 aliphatic rings. The van der Waals surface area contributed by atoms with Gasteiger partial charge in [-0.05, 0) is 18.3 Å². The third-order valence-corrected chi connectivity index (χ3v) is 4.00. The molecule has 0 spiro atoms. The Hall–Kier alpha value is -0.0800. The van der Waals surface area contributed by atoms with E-state index in [1.807, 2.05) is 0 Å². The predicted molar refractivity (Wildman–Crippen MR) is 71.8 cm³/mol. The van der Waals surface area contributed by atoms with Gasteiger partial charge in [0, 0.05) is 32.7 Å². The Morgan fingerprint density at radius 1 is 1.06 bits per heavy atom. The zero-order valence-corrected chi connectivity index (χ0v) is 11.5. The lowest BCUT2D eigenvalue weighted by atomic mass is 9.93. The SMILES string of the molecule is CCC(CC)CCC(C)CN1CCNCC1. The van der Waals surface area contributed by atoms with Crippen molar-refractivity contribution in [2.24, 2.45) is 11.8 Å². The fourth-order valence-electron chi connectivity index (χ4n) is 2.64. The Balaban J connectivity index is 2.11. The molecule has 0 aromatic carbocycles. The van der Waals surface area contributed by atoms with Crippen molar-refractivity contribution in [3.63, 3.8) is 0 Å². The molecule has 0 aromatic rings. The number of nitrogens with one attached hydrogen (secondary N) is 1. The van der Waals surface area contributed by atoms with E-state index < -0.39 is 0 Å². The van der Waals surface area contributed by atoms with Crippen LogP contribution in [0.3, 0.4) is 0 Å². The van der Waals surface area contributed by atoms with E-state index in [-0.39, 0.29) is 0 Å². The smallest absolute Gasteiger partial charge is 0.0107 e. The van der Waals surface area contributed by atoms with Gasteiger partial charge in [-0.3, -0.25) is 0 Å². The van der Waals surface area contributed by atoms with E-state index in [9.17, 15) is 0 Å². The van der Waals surface area contributed by atoms with Crippen LogP contribution in [0, 0.1) is 11.8 Å². The summed E-state index contributed by atoms with van der Waals surface area (Å²) in [6.07, 6.45) is 5.56. The maximum absolute atomic E-state index is 3.41. The minimum Gasteiger partial charge on any atom is -0.314 e. The number of piperazine rings is 1. The Bertz CT molecular complexity index is 160. The Morgan fingerprint density at radius 2 is 1.69 bits per heavy atom. The zero-order valence-electron chi connectivity index (χ0n) is 11.5. The molecule has 0 bridgehead atoms. The normalized spacial score (nSPS) is 20.2. The first-order valence-corrected chi connectivity index (χ1v) is 7.19. The molecule has 1 unspecified atom stereocenters. The molecule has 1 atom stereocenters. The van der Waals surface area contributed by atoms with Gasteiger partial charge in [-0.25, -0.2) is 0 Å². The summed E-state index contributed by atoms with van der Waals surface area (Å²) in [7, 11) is 0. The van der Waals surface area contributed by atoms with Crippen LogP contribution >= 0.6 is 0 Å². The summed E-state index contributed by atoms with van der Waals surface area (Å²) in [4.78, 5) is 2.62. The van der Waals surface area contributed by atoms with Gasteiger partial charge in [0.05, 0.1) is 0 Å². The summed E-state index contributed by atoms with van der Waals surface area (Å²) < 4.78 is 0. The quantitative estimate of drug-likeness (QED) is 0.718. The standard InChI is InChI=1S/C14H30N2/c1-4-14(5-2)7-6-13(3)12-16-10-8-15-9-11-16/h13-15H,4-12H2,1-3H3. The molecule has 0 amide bonds. The molecule has 0 aromatic heterocycles. The maximum Gasteiger partial charge on any atom is 0.0107 e. The minimum absolute atomic E-state index is 0.874. The number of nitrogens with zero attached hydrogens (tertiary/aromatic N) is 1. The van der Waals surface area contributed by atoms with Gasteiger partial charge in [0.25, 0.3) is 0 Å². The highest BCUT2D eigenvalue weighted by Crippen LogP contribution is 2.19. The molecular weight excluding hydrogens is 196 g/mol. The fourth-order valence-corrected chi connectivity index (χ4v) is 2.64. The van der Waals surface area contributed by atoms with Gasteiger partial charge in [-0.2, -0.15) is 0 Å². The highest BCUT2D eigenvalue weighted by molar-refractivity contribution is 4.70. The molecule has 1 heterocycles. The van der Waals surface area contributed by atoms with Crippen LogP contribution < -0.4 is 5.32 Å². The summed E-state index contributed by atoms with van der Waals surface area (Å²) in [6, 6.07) is 0. The first-order chi connectivity index (χ1) is 7.76. The number of hydrogen-bond donors (Lipinski definition) is 1. The summed E-state index contributed by atoms with van der Waals surface area (Å²) in [5.74, 6) is 1.84. The van der Waals surface area contributed by atoms with E-state index in [2.05, 4.69) is 31.0 Å². The van der Waals surface area contributed by atoms with Gasteiger partial charge in [0.1, 0.15) is 0 Å². The second kappa shape index (κ2) is 8.08. The lowest BCUT2D eigenvalue weighted by Crippen LogP contribution is -2.45. The largest absolute Gasteiger partial charge is 0.314 e. The van der Waals surface area contributed by atoms with Crippen LogP contribution in [0.2, 0.25) is 0 Å². The summed E-state index contributed by atoms with van der Waals surface area (Å²) in [6.45, 7) is 13.2. The van der Waals surface area contributed by atoms with E-state index >= 15 is 0 Å². The molecule has 2 heteroatoms. The topological polar surface area (TPSA) is 15.3 Å². The van der Waals surface area contributed by atoms with E-state index in [4.69, 9.17) is 0 Å². The van der Waals surface area contributed by atoms with Gasteiger partial charge < -0.3 is 10.2 Å². The molecule has 1 rings (SSSR count). The van der Waals surface area contributed by atoms with Gasteiger partial charge >= 0.3 is 0 Å². The van der Waals surface area contributed by atoms with Gasteiger partial charge in [0.2, 0.25) is 0 Å². The van der Waals surface area contributed by atoms with Crippen LogP contribution in [-0.4, -0.2) is 37.6 Å². The van der Waals surface area contributed by atoms with E-state index in [1.165, 1.54) is 58.4 Å². The molecule has 1 N–H and O–H groups in total. The van der Waals surface area contributed by atoms with Crippen LogP contribution in [0.25, 0.3) is 0 Å². The molecule has 1 fully saturated rings. The second-order valence-corrected chi connectivity index (χ2v) is 5.42. The molecule has 16 heavy (non-hydrogen) atoms. The third-order valence-electron chi connectivity index (χ3n) is 4.00. The molecule has 1 aliphatic heterocycles. The molecular formula is C14H30N2. The van der Waals surface area contributed by atoms with Crippen molar-refractivity contribution in [2.75, 3.05) is 32.7 Å². The van der Waals surface area contributed by atoms with Crippen molar-refractivity contribution < 1.29 is 0 Å². The zero-order chi connectivity index (χ0) is 11.8. The third kappa shape index (κ3) is 5.31. The average Bonchev–Trinajstić information content (AvgIpc) is 2.31. The Morgan fingerprint density at radius 3 is 2.25 bits per heavy atom. The molecule has 96 valence electrons. The number of hydrogen-bond acceptors (Lipinski definition) is 2. The van der Waals surface area contributed by atoms with Crippen LogP contribution in [0.15, 0.2) is 0 Å². The van der Waals surface area contributed by atoms with Crippen LogP contribution in [-0.2, 0) is 0 Å². The molecule has 0 saturated carbocycles. The van der Waals surface area contributed by atoms with Gasteiger partial charge in [-0.15, -0.1) is 0 Å².